The van der Waals surface area contributed by atoms with Crippen LogP contribution < -0.4 is 0 Å². The van der Waals surface area contributed by atoms with Crippen molar-refractivity contribution in [1.29, 1.82) is 0 Å². The first-order valence-electron chi connectivity index (χ1n) is 6.66. The van der Waals surface area contributed by atoms with E-state index in [0.29, 0.717) is 24.0 Å². The van der Waals surface area contributed by atoms with Crippen LogP contribution in [-0.2, 0) is 9.53 Å². The number of carbonyl (C=O) groups is 1. The van der Waals surface area contributed by atoms with E-state index in [1.54, 1.807) is 19.1 Å². The summed E-state index contributed by atoms with van der Waals surface area (Å²) in [6.45, 7) is 9.44. The Bertz CT molecular complexity index is 459. The van der Waals surface area contributed by atoms with Crippen molar-refractivity contribution >= 4 is 5.97 Å². The van der Waals surface area contributed by atoms with E-state index in [4.69, 9.17) is 0 Å². The zero-order chi connectivity index (χ0) is 15.6. The highest BCUT2D eigenvalue weighted by Gasteiger charge is 2.48. The van der Waals surface area contributed by atoms with Crippen LogP contribution in [0.1, 0.15) is 33.6 Å². The van der Waals surface area contributed by atoms with Gasteiger partial charge >= 0.3 is 5.97 Å². The molecule has 0 heterocycles. The molecule has 20 heavy (non-hydrogen) atoms. The number of ether oxygens (including phenoxy) is 1. The van der Waals surface area contributed by atoms with Gasteiger partial charge in [0, 0.05) is 11.5 Å². The average Bonchev–Trinajstić information content (AvgIpc) is 2.32. The first-order chi connectivity index (χ1) is 9.12. The zero-order valence-corrected chi connectivity index (χ0v) is 12.6. The van der Waals surface area contributed by atoms with E-state index in [-0.39, 0.29) is 0 Å². The number of aliphatic hydroxyl groups excluding tert-OH is 1. The Kier molecular flexibility index (Phi) is 4.95. The standard InChI is InChI=1S/C16H24O4/c1-11(8-14(18)20-5)6-7-16(19)12(2)9-13(17)10-15(16,3)4/h6-8,13,17,19H,2,9-10H2,1,3-5H3. The fraction of sp³-hybridized carbons (Fsp3) is 0.562. The molecular formula is C16H24O4. The van der Waals surface area contributed by atoms with Crippen LogP contribution in [0.15, 0.2) is 36.0 Å². The summed E-state index contributed by atoms with van der Waals surface area (Å²) < 4.78 is 4.55. The third-order valence-electron chi connectivity index (χ3n) is 3.93. The van der Waals surface area contributed by atoms with Gasteiger partial charge in [-0.05, 0) is 37.0 Å². The lowest BCUT2D eigenvalue weighted by Crippen LogP contribution is -2.50. The summed E-state index contributed by atoms with van der Waals surface area (Å²) in [5.41, 5.74) is -0.454. The predicted octanol–water partition coefficient (Wildman–Crippen LogP) is 2.13. The van der Waals surface area contributed by atoms with Crippen molar-refractivity contribution in [3.63, 3.8) is 0 Å². The van der Waals surface area contributed by atoms with Crippen molar-refractivity contribution in [2.45, 2.75) is 45.3 Å². The summed E-state index contributed by atoms with van der Waals surface area (Å²) in [6.07, 6.45) is 5.08. The first-order valence-corrected chi connectivity index (χ1v) is 6.66. The smallest absolute Gasteiger partial charge is 0.330 e. The molecule has 112 valence electrons. The molecule has 1 saturated carbocycles. The van der Waals surface area contributed by atoms with Crippen molar-refractivity contribution in [3.8, 4) is 0 Å². The predicted molar refractivity (Wildman–Crippen MR) is 78.0 cm³/mol. The Morgan fingerprint density at radius 2 is 2.10 bits per heavy atom. The van der Waals surface area contributed by atoms with E-state index in [1.165, 1.54) is 13.2 Å². The van der Waals surface area contributed by atoms with Gasteiger partial charge in [0.25, 0.3) is 0 Å². The summed E-state index contributed by atoms with van der Waals surface area (Å²) in [7, 11) is 1.32. The molecule has 1 aliphatic carbocycles. The molecule has 1 fully saturated rings. The Balaban J connectivity index is 3.01. The molecule has 0 aromatic rings. The first kappa shape index (κ1) is 16.7. The number of hydrogen-bond acceptors (Lipinski definition) is 4. The average molecular weight is 280 g/mol. The highest BCUT2D eigenvalue weighted by molar-refractivity contribution is 5.83. The van der Waals surface area contributed by atoms with Gasteiger partial charge in [0.05, 0.1) is 13.2 Å². The molecule has 1 aliphatic rings. The molecule has 2 unspecified atom stereocenters. The van der Waals surface area contributed by atoms with E-state index >= 15 is 0 Å². The maximum atomic E-state index is 11.1. The van der Waals surface area contributed by atoms with Gasteiger partial charge in [-0.1, -0.05) is 26.5 Å². The molecule has 2 N–H and O–H groups in total. The molecular weight excluding hydrogens is 256 g/mol. The maximum absolute atomic E-state index is 11.1. The lowest BCUT2D eigenvalue weighted by Gasteiger charge is -2.47. The third-order valence-corrected chi connectivity index (χ3v) is 3.93. The van der Waals surface area contributed by atoms with Crippen molar-refractivity contribution < 1.29 is 19.7 Å². The molecule has 0 aliphatic heterocycles. The van der Waals surface area contributed by atoms with Crippen LogP contribution in [0.5, 0.6) is 0 Å². The number of hydrogen-bond donors (Lipinski definition) is 2. The molecule has 0 spiro atoms. The second-order valence-electron chi connectivity index (χ2n) is 6.06. The highest BCUT2D eigenvalue weighted by Crippen LogP contribution is 2.47. The van der Waals surface area contributed by atoms with E-state index in [1.807, 2.05) is 13.8 Å². The number of methoxy groups -OCH3 is 1. The molecule has 0 amide bonds. The minimum absolute atomic E-state index is 0.379. The molecule has 4 nitrogen and oxygen atoms in total. The molecule has 0 bridgehead atoms. The van der Waals surface area contributed by atoms with Crippen LogP contribution in [0.25, 0.3) is 0 Å². The highest BCUT2D eigenvalue weighted by atomic mass is 16.5. The van der Waals surface area contributed by atoms with Gasteiger partial charge in [-0.25, -0.2) is 4.79 Å². The molecule has 2 atom stereocenters. The molecule has 1 rings (SSSR count). The Labute approximate surface area is 120 Å². The minimum atomic E-state index is -1.20. The lowest BCUT2D eigenvalue weighted by molar-refractivity contribution is -0.134. The van der Waals surface area contributed by atoms with Gasteiger partial charge in [0.15, 0.2) is 0 Å². The molecule has 0 aromatic carbocycles. The fourth-order valence-corrected chi connectivity index (χ4v) is 2.62. The quantitative estimate of drug-likeness (QED) is 0.360. The van der Waals surface area contributed by atoms with Crippen molar-refractivity contribution in [1.82, 2.24) is 0 Å². The number of allylic oxidation sites excluding steroid dienone is 2. The lowest BCUT2D eigenvalue weighted by atomic mass is 9.62. The largest absolute Gasteiger partial charge is 0.466 e. The second-order valence-corrected chi connectivity index (χ2v) is 6.06. The molecule has 0 aromatic heterocycles. The summed E-state index contributed by atoms with van der Waals surface area (Å²) in [5.74, 6) is -0.434. The van der Waals surface area contributed by atoms with Crippen LogP contribution >= 0.6 is 0 Å². The molecule has 4 heteroatoms. The summed E-state index contributed by atoms with van der Waals surface area (Å²) in [6, 6.07) is 0. The van der Waals surface area contributed by atoms with Crippen molar-refractivity contribution in [3.05, 3.63) is 36.0 Å². The summed E-state index contributed by atoms with van der Waals surface area (Å²) in [4.78, 5) is 11.1. The fourth-order valence-electron chi connectivity index (χ4n) is 2.62. The van der Waals surface area contributed by atoms with Crippen LogP contribution in [0, 0.1) is 5.41 Å². The van der Waals surface area contributed by atoms with Crippen LogP contribution in [-0.4, -0.2) is 35.0 Å². The van der Waals surface area contributed by atoms with E-state index in [9.17, 15) is 15.0 Å². The molecule has 0 saturated heterocycles. The normalized spacial score (nSPS) is 30.6. The van der Waals surface area contributed by atoms with E-state index < -0.39 is 23.1 Å². The van der Waals surface area contributed by atoms with Gasteiger partial charge in [0.2, 0.25) is 0 Å². The summed E-state index contributed by atoms with van der Waals surface area (Å²) in [5, 5.41) is 20.7. The second kappa shape index (κ2) is 5.94. The minimum Gasteiger partial charge on any atom is -0.466 e. The third kappa shape index (κ3) is 3.38. The van der Waals surface area contributed by atoms with Crippen LogP contribution in [0.4, 0.5) is 0 Å². The van der Waals surface area contributed by atoms with Gasteiger partial charge in [-0.3, -0.25) is 0 Å². The monoisotopic (exact) mass is 280 g/mol. The van der Waals surface area contributed by atoms with Crippen LogP contribution in [0.2, 0.25) is 0 Å². The summed E-state index contributed by atoms with van der Waals surface area (Å²) >= 11 is 0. The Morgan fingerprint density at radius 3 is 2.60 bits per heavy atom. The number of aliphatic hydroxyl groups is 2. The number of esters is 1. The SMILES string of the molecule is C=C1CC(O)CC(C)(C)C1(O)C=CC(C)=CC(=O)OC. The zero-order valence-electron chi connectivity index (χ0n) is 12.6. The maximum Gasteiger partial charge on any atom is 0.330 e. The van der Waals surface area contributed by atoms with Gasteiger partial charge in [0.1, 0.15) is 5.60 Å². The molecule has 0 radical (unpaired) electrons. The number of rotatable bonds is 3. The van der Waals surface area contributed by atoms with Gasteiger partial charge in [-0.15, -0.1) is 0 Å². The van der Waals surface area contributed by atoms with Gasteiger partial charge in [-0.2, -0.15) is 0 Å². The topological polar surface area (TPSA) is 66.8 Å². The van der Waals surface area contributed by atoms with E-state index in [0.717, 1.165) is 0 Å². The number of carbonyl (C=O) groups excluding carboxylic acids is 1. The van der Waals surface area contributed by atoms with Crippen molar-refractivity contribution in [2.75, 3.05) is 7.11 Å². The Hall–Kier alpha value is -1.39. The van der Waals surface area contributed by atoms with E-state index in [2.05, 4.69) is 11.3 Å². The Morgan fingerprint density at radius 1 is 1.50 bits per heavy atom. The van der Waals surface area contributed by atoms with Crippen molar-refractivity contribution in [2.24, 2.45) is 5.41 Å². The van der Waals surface area contributed by atoms with Gasteiger partial charge < -0.3 is 14.9 Å². The van der Waals surface area contributed by atoms with Crippen LogP contribution in [0.3, 0.4) is 0 Å².